The molecule has 1 N–H and O–H groups in total. The second-order valence-corrected chi connectivity index (χ2v) is 8.01. The van der Waals surface area contributed by atoms with Gasteiger partial charge in [0, 0.05) is 17.6 Å². The van der Waals surface area contributed by atoms with Gasteiger partial charge in [-0.15, -0.1) is 0 Å². The third-order valence-electron chi connectivity index (χ3n) is 3.48. The summed E-state index contributed by atoms with van der Waals surface area (Å²) in [7, 11) is -3.47. The average Bonchev–Trinajstić information content (AvgIpc) is 2.31. The van der Waals surface area contributed by atoms with Crippen LogP contribution in [0.3, 0.4) is 0 Å². The van der Waals surface area contributed by atoms with Crippen LogP contribution in [0.15, 0.2) is 27.6 Å². The van der Waals surface area contributed by atoms with Gasteiger partial charge in [-0.05, 0) is 43.0 Å². The fraction of sp³-hybridized carbons (Fsp3) is 0.538. The third-order valence-corrected chi connectivity index (χ3v) is 5.78. The van der Waals surface area contributed by atoms with Crippen molar-refractivity contribution in [2.45, 2.75) is 31.3 Å². The van der Waals surface area contributed by atoms with Gasteiger partial charge < -0.3 is 5.11 Å². The van der Waals surface area contributed by atoms with Crippen LogP contribution in [0.1, 0.15) is 18.9 Å². The zero-order valence-corrected chi connectivity index (χ0v) is 13.4. The predicted molar refractivity (Wildman–Crippen MR) is 77.4 cm³/mol. The molecule has 2 rings (SSSR count). The van der Waals surface area contributed by atoms with Gasteiger partial charge in [0.2, 0.25) is 10.0 Å². The molecule has 1 aliphatic rings. The molecule has 6 heteroatoms. The number of nitrogens with zero attached hydrogens (tertiary/aromatic N) is 1. The van der Waals surface area contributed by atoms with Gasteiger partial charge in [0.05, 0.1) is 11.0 Å². The third kappa shape index (κ3) is 3.18. The van der Waals surface area contributed by atoms with E-state index < -0.39 is 16.1 Å². The van der Waals surface area contributed by atoms with Crippen molar-refractivity contribution in [2.24, 2.45) is 5.92 Å². The van der Waals surface area contributed by atoms with Crippen LogP contribution >= 0.6 is 15.9 Å². The lowest BCUT2D eigenvalue weighted by atomic mass is 9.99. The number of aryl methyl sites for hydroxylation is 1. The first-order valence-electron chi connectivity index (χ1n) is 6.26. The summed E-state index contributed by atoms with van der Waals surface area (Å²) in [5.74, 6) is -0.0308. The summed E-state index contributed by atoms with van der Waals surface area (Å²) in [5.41, 5.74) is 0.901. The maximum absolute atomic E-state index is 12.6. The Bertz CT molecular complexity index is 553. The quantitative estimate of drug-likeness (QED) is 0.891. The van der Waals surface area contributed by atoms with Gasteiger partial charge in [0.25, 0.3) is 0 Å². The molecule has 1 aliphatic heterocycles. The fourth-order valence-electron chi connectivity index (χ4n) is 2.31. The van der Waals surface area contributed by atoms with Crippen LogP contribution in [-0.2, 0) is 10.0 Å². The van der Waals surface area contributed by atoms with Gasteiger partial charge in [-0.3, -0.25) is 0 Å². The Morgan fingerprint density at radius 1 is 1.37 bits per heavy atom. The standard InChI is InChI=1S/C13H18BrNO3S/c1-9-5-11(14)7-12(6-9)19(17,18)15-4-3-13(16)10(2)8-15/h5-7,10,13,16H,3-4,8H2,1-2H3/t10-,13+/m1/s1. The minimum absolute atomic E-state index is 0.0308. The number of rotatable bonds is 2. The molecular weight excluding hydrogens is 330 g/mol. The van der Waals surface area contributed by atoms with Crippen molar-refractivity contribution >= 4 is 26.0 Å². The molecule has 0 aromatic heterocycles. The Morgan fingerprint density at radius 3 is 2.63 bits per heavy atom. The zero-order chi connectivity index (χ0) is 14.2. The summed E-state index contributed by atoms with van der Waals surface area (Å²) >= 11 is 3.33. The number of hydrogen-bond donors (Lipinski definition) is 1. The van der Waals surface area contributed by atoms with E-state index in [1.54, 1.807) is 12.1 Å². The number of piperidine rings is 1. The first-order valence-corrected chi connectivity index (χ1v) is 8.49. The monoisotopic (exact) mass is 347 g/mol. The topological polar surface area (TPSA) is 57.6 Å². The maximum atomic E-state index is 12.6. The van der Waals surface area contributed by atoms with Gasteiger partial charge in [-0.2, -0.15) is 4.31 Å². The van der Waals surface area contributed by atoms with E-state index in [1.807, 2.05) is 19.9 Å². The lowest BCUT2D eigenvalue weighted by Crippen LogP contribution is -2.44. The van der Waals surface area contributed by atoms with E-state index in [-0.39, 0.29) is 5.92 Å². The average molecular weight is 348 g/mol. The normalized spacial score (nSPS) is 25.5. The molecule has 0 bridgehead atoms. The zero-order valence-electron chi connectivity index (χ0n) is 11.0. The Labute approximate surface area is 122 Å². The molecule has 1 aromatic carbocycles. The van der Waals surface area contributed by atoms with Crippen molar-refractivity contribution < 1.29 is 13.5 Å². The van der Waals surface area contributed by atoms with Gasteiger partial charge in [-0.25, -0.2) is 8.42 Å². The molecule has 0 radical (unpaired) electrons. The van der Waals surface area contributed by atoms with Gasteiger partial charge in [-0.1, -0.05) is 22.9 Å². The maximum Gasteiger partial charge on any atom is 0.243 e. The number of aliphatic hydroxyl groups excluding tert-OH is 1. The number of hydrogen-bond acceptors (Lipinski definition) is 3. The Kier molecular flexibility index (Phi) is 4.35. The lowest BCUT2D eigenvalue weighted by Gasteiger charge is -2.33. The van der Waals surface area contributed by atoms with E-state index in [0.29, 0.717) is 24.4 Å². The van der Waals surface area contributed by atoms with Crippen molar-refractivity contribution in [2.75, 3.05) is 13.1 Å². The summed E-state index contributed by atoms with van der Waals surface area (Å²) in [5, 5.41) is 9.69. The molecule has 0 aliphatic carbocycles. The molecule has 0 unspecified atom stereocenters. The Morgan fingerprint density at radius 2 is 2.05 bits per heavy atom. The molecule has 1 aromatic rings. The Hall–Kier alpha value is -0.430. The SMILES string of the molecule is Cc1cc(Br)cc(S(=O)(=O)N2CC[C@H](O)[C@H](C)C2)c1. The highest BCUT2D eigenvalue weighted by atomic mass is 79.9. The molecule has 0 saturated carbocycles. The van der Waals surface area contributed by atoms with E-state index in [9.17, 15) is 13.5 Å². The van der Waals surface area contributed by atoms with E-state index in [4.69, 9.17) is 0 Å². The van der Waals surface area contributed by atoms with Crippen LogP contribution in [0.25, 0.3) is 0 Å². The Balaban J connectivity index is 2.32. The van der Waals surface area contributed by atoms with Crippen LogP contribution in [0, 0.1) is 12.8 Å². The molecular formula is C13H18BrNO3S. The summed E-state index contributed by atoms with van der Waals surface area (Å²) in [6, 6.07) is 5.18. The van der Waals surface area contributed by atoms with Gasteiger partial charge in [0.1, 0.15) is 0 Å². The molecule has 1 saturated heterocycles. The van der Waals surface area contributed by atoms with Crippen LogP contribution in [-0.4, -0.2) is 37.0 Å². The summed E-state index contributed by atoms with van der Waals surface area (Å²) in [4.78, 5) is 0.308. The number of halogens is 1. The predicted octanol–water partition coefficient (Wildman–Crippen LogP) is 2.15. The van der Waals surface area contributed by atoms with Crippen molar-refractivity contribution in [1.29, 1.82) is 0 Å². The molecule has 1 fully saturated rings. The summed E-state index contributed by atoms with van der Waals surface area (Å²) in [6.07, 6.45) is 0.0867. The number of aliphatic hydroxyl groups is 1. The minimum Gasteiger partial charge on any atom is -0.393 e. The van der Waals surface area contributed by atoms with Gasteiger partial charge >= 0.3 is 0 Å². The first kappa shape index (κ1) is 15.0. The molecule has 19 heavy (non-hydrogen) atoms. The van der Waals surface area contributed by atoms with Crippen LogP contribution in [0.4, 0.5) is 0 Å². The van der Waals surface area contributed by atoms with E-state index in [0.717, 1.165) is 10.0 Å². The second kappa shape index (κ2) is 5.52. The van der Waals surface area contributed by atoms with Crippen molar-refractivity contribution in [3.63, 3.8) is 0 Å². The fourth-order valence-corrected chi connectivity index (χ4v) is 4.76. The largest absolute Gasteiger partial charge is 0.393 e. The lowest BCUT2D eigenvalue weighted by molar-refractivity contribution is 0.0628. The number of sulfonamides is 1. The molecule has 0 spiro atoms. The van der Waals surface area contributed by atoms with Crippen LogP contribution < -0.4 is 0 Å². The molecule has 1 heterocycles. The summed E-state index contributed by atoms with van der Waals surface area (Å²) in [6.45, 7) is 4.49. The van der Waals surface area contributed by atoms with E-state index in [2.05, 4.69) is 15.9 Å². The smallest absolute Gasteiger partial charge is 0.243 e. The van der Waals surface area contributed by atoms with Crippen LogP contribution in [0.2, 0.25) is 0 Å². The molecule has 0 amide bonds. The highest BCUT2D eigenvalue weighted by Gasteiger charge is 2.32. The highest BCUT2D eigenvalue weighted by molar-refractivity contribution is 9.10. The van der Waals surface area contributed by atoms with E-state index >= 15 is 0 Å². The van der Waals surface area contributed by atoms with Crippen molar-refractivity contribution in [1.82, 2.24) is 4.31 Å². The second-order valence-electron chi connectivity index (χ2n) is 5.16. The first-order chi connectivity index (χ1) is 8.80. The van der Waals surface area contributed by atoms with Crippen LogP contribution in [0.5, 0.6) is 0 Å². The van der Waals surface area contributed by atoms with Crippen molar-refractivity contribution in [3.8, 4) is 0 Å². The highest BCUT2D eigenvalue weighted by Crippen LogP contribution is 2.26. The van der Waals surface area contributed by atoms with Crippen molar-refractivity contribution in [3.05, 3.63) is 28.2 Å². The minimum atomic E-state index is -3.47. The molecule has 106 valence electrons. The molecule has 4 nitrogen and oxygen atoms in total. The van der Waals surface area contributed by atoms with E-state index in [1.165, 1.54) is 4.31 Å². The number of benzene rings is 1. The van der Waals surface area contributed by atoms with Gasteiger partial charge in [0.15, 0.2) is 0 Å². The summed E-state index contributed by atoms with van der Waals surface area (Å²) < 4.78 is 27.4. The molecule has 2 atom stereocenters.